The Morgan fingerprint density at radius 1 is 0.567 bits per heavy atom. The summed E-state index contributed by atoms with van der Waals surface area (Å²) in [5, 5.41) is 5.61. The van der Waals surface area contributed by atoms with Crippen LogP contribution in [0, 0.1) is 0 Å². The lowest BCUT2D eigenvalue weighted by atomic mass is 9.87. The molecule has 0 radical (unpaired) electrons. The molecule has 0 N–H and O–H groups in total. The van der Waals surface area contributed by atoms with E-state index in [1.165, 1.54) is 60.5 Å². The molecule has 144 valence electrons. The lowest BCUT2D eigenvalue weighted by molar-refractivity contribution is 1.16. The van der Waals surface area contributed by atoms with E-state index in [9.17, 15) is 0 Å². The number of benzene rings is 5. The summed E-state index contributed by atoms with van der Waals surface area (Å²) < 4.78 is 0. The highest BCUT2D eigenvalue weighted by atomic mass is 14.2. The molecule has 0 atom stereocenters. The minimum atomic E-state index is 0.967. The first kappa shape index (κ1) is 17.5. The number of aryl methyl sites for hydroxylation is 1. The normalized spacial score (nSPS) is 12.3. The van der Waals surface area contributed by atoms with Crippen LogP contribution in [0.25, 0.3) is 32.7 Å². The van der Waals surface area contributed by atoms with Crippen molar-refractivity contribution >= 4 is 21.5 Å². The van der Waals surface area contributed by atoms with Crippen molar-refractivity contribution in [3.8, 4) is 11.1 Å². The summed E-state index contributed by atoms with van der Waals surface area (Å²) in [6, 6.07) is 33.8. The average molecular weight is 385 g/mol. The van der Waals surface area contributed by atoms with Crippen molar-refractivity contribution in [2.75, 3.05) is 0 Å². The first-order valence-corrected chi connectivity index (χ1v) is 10.9. The SMILES string of the molecule is CCc1c2ccccc2c(Cc2ccc3c(c2)Cc2ccccc2-3)c2ccccc12. The predicted octanol–water partition coefficient (Wildman–Crippen LogP) is 7.72. The van der Waals surface area contributed by atoms with Gasteiger partial charge in [0.2, 0.25) is 0 Å². The molecule has 0 fully saturated rings. The van der Waals surface area contributed by atoms with Crippen LogP contribution in [0.1, 0.15) is 34.7 Å². The molecule has 0 aromatic heterocycles. The standard InChI is InChI=1S/C30H24/c1-2-23-26-11-5-7-13-28(26)30(29-14-8-6-12-27(23)29)18-20-15-16-25-22(17-20)19-21-9-3-4-10-24(21)25/h3-17H,2,18-19H2,1H3. The Hall–Kier alpha value is -3.38. The highest BCUT2D eigenvalue weighted by molar-refractivity contribution is 6.06. The third-order valence-electron chi connectivity index (χ3n) is 6.75. The van der Waals surface area contributed by atoms with Gasteiger partial charge < -0.3 is 0 Å². The molecule has 0 heteroatoms. The van der Waals surface area contributed by atoms with Crippen LogP contribution in [-0.2, 0) is 19.3 Å². The molecule has 0 saturated heterocycles. The highest BCUT2D eigenvalue weighted by Crippen LogP contribution is 2.38. The second kappa shape index (κ2) is 6.85. The number of hydrogen-bond acceptors (Lipinski definition) is 0. The fourth-order valence-corrected chi connectivity index (χ4v) is 5.39. The second-order valence-electron chi connectivity index (χ2n) is 8.40. The van der Waals surface area contributed by atoms with Crippen molar-refractivity contribution in [1.29, 1.82) is 0 Å². The molecule has 5 aromatic rings. The van der Waals surface area contributed by atoms with E-state index in [1.54, 1.807) is 0 Å². The largest absolute Gasteiger partial charge is 0.0619 e. The molecule has 0 nitrogen and oxygen atoms in total. The quantitative estimate of drug-likeness (QED) is 0.274. The lowest BCUT2D eigenvalue weighted by Crippen LogP contribution is -1.97. The molecule has 1 aliphatic rings. The van der Waals surface area contributed by atoms with Gasteiger partial charge in [0.15, 0.2) is 0 Å². The molecule has 0 aliphatic heterocycles. The maximum Gasteiger partial charge on any atom is -0.00133 e. The minimum absolute atomic E-state index is 0.967. The maximum absolute atomic E-state index is 2.44. The molecule has 1 aliphatic carbocycles. The molecule has 6 rings (SSSR count). The molecule has 0 unspecified atom stereocenters. The van der Waals surface area contributed by atoms with Gasteiger partial charge >= 0.3 is 0 Å². The predicted molar refractivity (Wildman–Crippen MR) is 128 cm³/mol. The monoisotopic (exact) mass is 384 g/mol. The van der Waals surface area contributed by atoms with Gasteiger partial charge in [0.05, 0.1) is 0 Å². The Balaban J connectivity index is 1.52. The fraction of sp³-hybridized carbons (Fsp3) is 0.133. The van der Waals surface area contributed by atoms with E-state index >= 15 is 0 Å². The number of rotatable bonds is 3. The second-order valence-corrected chi connectivity index (χ2v) is 8.40. The van der Waals surface area contributed by atoms with E-state index in [2.05, 4.69) is 97.9 Å². The van der Waals surface area contributed by atoms with Crippen molar-refractivity contribution < 1.29 is 0 Å². The first-order valence-electron chi connectivity index (χ1n) is 10.9. The average Bonchev–Trinajstić information content (AvgIpc) is 3.17. The maximum atomic E-state index is 2.44. The Labute approximate surface area is 177 Å². The molecule has 0 saturated carbocycles. The molecular formula is C30H24. The van der Waals surface area contributed by atoms with Gasteiger partial charge in [-0.05, 0) is 79.8 Å². The number of hydrogen-bond donors (Lipinski definition) is 0. The van der Waals surface area contributed by atoms with Gasteiger partial charge in [0.25, 0.3) is 0 Å². The van der Waals surface area contributed by atoms with Crippen LogP contribution in [0.2, 0.25) is 0 Å². The van der Waals surface area contributed by atoms with Crippen LogP contribution in [0.5, 0.6) is 0 Å². The van der Waals surface area contributed by atoms with Crippen LogP contribution in [0.15, 0.2) is 91.0 Å². The molecule has 0 amide bonds. The summed E-state index contributed by atoms with van der Waals surface area (Å²) in [6.07, 6.45) is 3.07. The van der Waals surface area contributed by atoms with E-state index in [-0.39, 0.29) is 0 Å². The summed E-state index contributed by atoms with van der Waals surface area (Å²) >= 11 is 0. The first-order chi connectivity index (χ1) is 14.8. The summed E-state index contributed by atoms with van der Waals surface area (Å²) in [4.78, 5) is 0. The van der Waals surface area contributed by atoms with Crippen LogP contribution >= 0.6 is 0 Å². The zero-order chi connectivity index (χ0) is 20.1. The molecular weight excluding hydrogens is 360 g/mol. The zero-order valence-electron chi connectivity index (χ0n) is 17.3. The summed E-state index contributed by atoms with van der Waals surface area (Å²) in [7, 11) is 0. The van der Waals surface area contributed by atoms with Gasteiger partial charge in [-0.3, -0.25) is 0 Å². The van der Waals surface area contributed by atoms with E-state index in [0.717, 1.165) is 19.3 Å². The van der Waals surface area contributed by atoms with Gasteiger partial charge in [0.1, 0.15) is 0 Å². The van der Waals surface area contributed by atoms with Crippen molar-refractivity contribution in [3.63, 3.8) is 0 Å². The number of fused-ring (bicyclic) bond motifs is 5. The van der Waals surface area contributed by atoms with Crippen LogP contribution < -0.4 is 0 Å². The van der Waals surface area contributed by atoms with Crippen LogP contribution in [0.4, 0.5) is 0 Å². The minimum Gasteiger partial charge on any atom is -0.0619 e. The fourth-order valence-electron chi connectivity index (χ4n) is 5.39. The molecule has 0 bridgehead atoms. The van der Waals surface area contributed by atoms with E-state index in [1.807, 2.05) is 0 Å². The summed E-state index contributed by atoms with van der Waals surface area (Å²) in [5.74, 6) is 0. The molecule has 5 aromatic carbocycles. The van der Waals surface area contributed by atoms with Gasteiger partial charge in [-0.2, -0.15) is 0 Å². The molecule has 0 heterocycles. The molecule has 0 spiro atoms. The van der Waals surface area contributed by atoms with Crippen molar-refractivity contribution in [1.82, 2.24) is 0 Å². The van der Waals surface area contributed by atoms with E-state index in [4.69, 9.17) is 0 Å². The Kier molecular flexibility index (Phi) is 3.99. The topological polar surface area (TPSA) is 0 Å². The van der Waals surface area contributed by atoms with E-state index < -0.39 is 0 Å². The van der Waals surface area contributed by atoms with Crippen LogP contribution in [-0.4, -0.2) is 0 Å². The lowest BCUT2D eigenvalue weighted by Gasteiger charge is -2.16. The molecule has 30 heavy (non-hydrogen) atoms. The van der Waals surface area contributed by atoms with Crippen molar-refractivity contribution in [3.05, 3.63) is 119 Å². The third kappa shape index (κ3) is 2.60. The van der Waals surface area contributed by atoms with Crippen molar-refractivity contribution in [2.45, 2.75) is 26.2 Å². The third-order valence-corrected chi connectivity index (χ3v) is 6.75. The van der Waals surface area contributed by atoms with Gasteiger partial charge in [-0.15, -0.1) is 0 Å². The van der Waals surface area contributed by atoms with Crippen molar-refractivity contribution in [2.24, 2.45) is 0 Å². The van der Waals surface area contributed by atoms with Gasteiger partial charge in [-0.25, -0.2) is 0 Å². The Morgan fingerprint density at radius 3 is 1.80 bits per heavy atom. The van der Waals surface area contributed by atoms with Gasteiger partial charge in [-0.1, -0.05) is 97.9 Å². The van der Waals surface area contributed by atoms with Crippen LogP contribution in [0.3, 0.4) is 0 Å². The van der Waals surface area contributed by atoms with Gasteiger partial charge in [0, 0.05) is 0 Å². The summed E-state index contributed by atoms with van der Waals surface area (Å²) in [6.45, 7) is 2.27. The highest BCUT2D eigenvalue weighted by Gasteiger charge is 2.19. The Bertz CT molecular complexity index is 1360. The summed E-state index contributed by atoms with van der Waals surface area (Å²) in [5.41, 5.74) is 10.1. The van der Waals surface area contributed by atoms with E-state index in [0.29, 0.717) is 0 Å². The zero-order valence-corrected chi connectivity index (χ0v) is 17.3. The smallest absolute Gasteiger partial charge is 0.00133 e. The Morgan fingerprint density at radius 2 is 1.13 bits per heavy atom.